The summed E-state index contributed by atoms with van der Waals surface area (Å²) in [6, 6.07) is 0. The fraction of sp³-hybridized carbons (Fsp3) is 0.636. The normalized spacial score (nSPS) is 24.9. The Morgan fingerprint density at radius 1 is 0.720 bits per heavy atom. The van der Waals surface area contributed by atoms with Crippen LogP contribution in [0.5, 0.6) is 0 Å². The molecule has 2 atom stereocenters. The topological polar surface area (TPSA) is 18.5 Å². The second-order valence-electron chi connectivity index (χ2n) is 9.61. The minimum atomic E-state index is -2.53. The first-order valence-corrected chi connectivity index (χ1v) is 11.2. The highest BCUT2D eigenvalue weighted by atomic mass is 28.4. The molecule has 2 unspecified atom stereocenters. The molecular weight excluding hydrogens is 324 g/mol. The lowest BCUT2D eigenvalue weighted by Gasteiger charge is -2.38. The summed E-state index contributed by atoms with van der Waals surface area (Å²) in [6.45, 7) is 18.1. The fourth-order valence-corrected chi connectivity index (χ4v) is 7.80. The lowest BCUT2D eigenvalue weighted by Crippen LogP contribution is -2.49. The highest BCUT2D eigenvalue weighted by molar-refractivity contribution is 6.73. The zero-order valence-electron chi connectivity index (χ0n) is 17.8. The van der Waals surface area contributed by atoms with Gasteiger partial charge in [0.2, 0.25) is 0 Å². The van der Waals surface area contributed by atoms with Crippen LogP contribution in [0.4, 0.5) is 0 Å². The van der Waals surface area contributed by atoms with E-state index in [0.29, 0.717) is 0 Å². The average Bonchev–Trinajstić information content (AvgIpc) is 3.06. The molecule has 0 aromatic rings. The van der Waals surface area contributed by atoms with Gasteiger partial charge in [-0.25, -0.2) is 0 Å². The molecule has 3 heteroatoms. The third kappa shape index (κ3) is 3.65. The van der Waals surface area contributed by atoms with Crippen LogP contribution in [-0.4, -0.2) is 22.8 Å². The van der Waals surface area contributed by atoms with Crippen molar-refractivity contribution in [2.24, 2.45) is 10.8 Å². The molecule has 2 nitrogen and oxygen atoms in total. The van der Waals surface area contributed by atoms with E-state index in [1.165, 1.54) is 22.3 Å². The maximum atomic E-state index is 6.26. The molecule has 0 aromatic heterocycles. The van der Waals surface area contributed by atoms with E-state index in [-0.39, 0.29) is 21.9 Å². The van der Waals surface area contributed by atoms with E-state index in [9.17, 15) is 0 Å². The summed E-state index contributed by atoms with van der Waals surface area (Å²) in [5.74, 6) is 0. The van der Waals surface area contributed by atoms with Gasteiger partial charge in [0.1, 0.15) is 0 Å². The first-order chi connectivity index (χ1) is 11.4. The van der Waals surface area contributed by atoms with E-state index in [0.717, 1.165) is 0 Å². The molecule has 2 rings (SSSR count). The van der Waals surface area contributed by atoms with Crippen molar-refractivity contribution in [3.63, 3.8) is 0 Å². The van der Waals surface area contributed by atoms with Gasteiger partial charge in [-0.3, -0.25) is 0 Å². The predicted octanol–water partition coefficient (Wildman–Crippen LogP) is 6.33. The summed E-state index contributed by atoms with van der Waals surface area (Å²) in [5.41, 5.74) is 6.30. The predicted molar refractivity (Wildman–Crippen MR) is 110 cm³/mol. The molecule has 0 spiro atoms. The minimum Gasteiger partial charge on any atom is -0.397 e. The average molecular weight is 361 g/mol. The Morgan fingerprint density at radius 2 is 1.04 bits per heavy atom. The third-order valence-electron chi connectivity index (χ3n) is 5.68. The third-order valence-corrected chi connectivity index (χ3v) is 9.93. The highest BCUT2D eigenvalue weighted by Gasteiger charge is 2.53. The zero-order chi connectivity index (χ0) is 19.2. The molecule has 140 valence electrons. The number of hydrogen-bond acceptors (Lipinski definition) is 2. The second kappa shape index (κ2) is 6.68. The smallest absolute Gasteiger partial charge is 0.360 e. The molecule has 0 heterocycles. The molecule has 2 aliphatic carbocycles. The van der Waals surface area contributed by atoms with Crippen LogP contribution in [-0.2, 0) is 8.85 Å². The highest BCUT2D eigenvalue weighted by Crippen LogP contribution is 2.52. The van der Waals surface area contributed by atoms with E-state index < -0.39 is 8.56 Å². The van der Waals surface area contributed by atoms with Gasteiger partial charge in [-0.2, -0.15) is 0 Å². The first-order valence-electron chi connectivity index (χ1n) is 9.28. The van der Waals surface area contributed by atoms with Gasteiger partial charge in [-0.1, -0.05) is 77.0 Å². The number of hydrogen-bond donors (Lipinski definition) is 0. The van der Waals surface area contributed by atoms with E-state index in [1.807, 2.05) is 14.2 Å². The van der Waals surface area contributed by atoms with Crippen LogP contribution in [0.3, 0.4) is 0 Å². The van der Waals surface area contributed by atoms with Crippen molar-refractivity contribution in [2.75, 3.05) is 14.2 Å². The van der Waals surface area contributed by atoms with Crippen LogP contribution in [0, 0.1) is 10.8 Å². The van der Waals surface area contributed by atoms with Crippen molar-refractivity contribution >= 4 is 8.56 Å². The molecule has 0 amide bonds. The Morgan fingerprint density at radius 3 is 1.24 bits per heavy atom. The first kappa shape index (κ1) is 20.4. The lowest BCUT2D eigenvalue weighted by atomic mass is 9.87. The van der Waals surface area contributed by atoms with E-state index >= 15 is 0 Å². The summed E-state index contributed by atoms with van der Waals surface area (Å²) >= 11 is 0. The van der Waals surface area contributed by atoms with Gasteiger partial charge in [0, 0.05) is 25.3 Å². The molecule has 0 fully saturated rings. The number of rotatable bonds is 4. The van der Waals surface area contributed by atoms with Gasteiger partial charge in [-0.05, 0) is 35.8 Å². The van der Waals surface area contributed by atoms with Crippen molar-refractivity contribution in [3.05, 3.63) is 46.6 Å². The van der Waals surface area contributed by atoms with Crippen LogP contribution in [0.15, 0.2) is 46.6 Å². The van der Waals surface area contributed by atoms with Gasteiger partial charge in [0.15, 0.2) is 0 Å². The molecule has 0 saturated carbocycles. The van der Waals surface area contributed by atoms with Crippen LogP contribution < -0.4 is 0 Å². The maximum absolute atomic E-state index is 6.26. The van der Waals surface area contributed by atoms with E-state index in [4.69, 9.17) is 8.85 Å². The summed E-state index contributed by atoms with van der Waals surface area (Å²) < 4.78 is 12.5. The molecule has 0 radical (unpaired) electrons. The summed E-state index contributed by atoms with van der Waals surface area (Å²) in [4.78, 5) is 0. The van der Waals surface area contributed by atoms with Crippen LogP contribution in [0.2, 0.25) is 11.1 Å². The SMILES string of the molecule is CO[Si](OC)(C1C=C(C(C)(C)C)C=C1C)C1C=C(C(C)(C)C)C=C1C. The van der Waals surface area contributed by atoms with Crippen LogP contribution in [0.25, 0.3) is 0 Å². The fourth-order valence-electron chi connectivity index (χ4n) is 3.97. The van der Waals surface area contributed by atoms with Crippen LogP contribution >= 0.6 is 0 Å². The molecule has 25 heavy (non-hydrogen) atoms. The molecule has 0 saturated heterocycles. The molecule has 2 aliphatic rings. The van der Waals surface area contributed by atoms with Gasteiger partial charge in [-0.15, -0.1) is 0 Å². The van der Waals surface area contributed by atoms with Crippen molar-refractivity contribution in [1.82, 2.24) is 0 Å². The molecule has 0 aliphatic heterocycles. The molecular formula is C22H36O2Si. The molecule has 0 aromatic carbocycles. The largest absolute Gasteiger partial charge is 0.397 e. The molecule has 0 N–H and O–H groups in total. The Hall–Kier alpha value is -0.903. The summed E-state index contributed by atoms with van der Waals surface area (Å²) in [6.07, 6.45) is 9.50. The Kier molecular flexibility index (Phi) is 5.45. The summed E-state index contributed by atoms with van der Waals surface area (Å²) in [7, 11) is 1.14. The molecule has 0 bridgehead atoms. The Labute approximate surface area is 155 Å². The second-order valence-corrected chi connectivity index (χ2v) is 13.1. The van der Waals surface area contributed by atoms with Crippen molar-refractivity contribution in [3.8, 4) is 0 Å². The van der Waals surface area contributed by atoms with Gasteiger partial charge < -0.3 is 8.85 Å². The van der Waals surface area contributed by atoms with E-state index in [1.54, 1.807) is 0 Å². The minimum absolute atomic E-state index is 0.143. The quantitative estimate of drug-likeness (QED) is 0.546. The monoisotopic (exact) mass is 360 g/mol. The van der Waals surface area contributed by atoms with Crippen molar-refractivity contribution in [2.45, 2.75) is 66.5 Å². The van der Waals surface area contributed by atoms with E-state index in [2.05, 4.69) is 79.7 Å². The van der Waals surface area contributed by atoms with Gasteiger partial charge >= 0.3 is 8.56 Å². The summed E-state index contributed by atoms with van der Waals surface area (Å²) in [5, 5.41) is 0. The van der Waals surface area contributed by atoms with Crippen molar-refractivity contribution in [1.29, 1.82) is 0 Å². The Balaban J connectivity index is 2.52. The Bertz CT molecular complexity index is 592. The van der Waals surface area contributed by atoms with Crippen molar-refractivity contribution < 1.29 is 8.85 Å². The van der Waals surface area contributed by atoms with Gasteiger partial charge in [0.25, 0.3) is 0 Å². The maximum Gasteiger partial charge on any atom is 0.360 e. The zero-order valence-corrected chi connectivity index (χ0v) is 18.8. The number of allylic oxidation sites excluding steroid dienone is 8. The lowest BCUT2D eigenvalue weighted by molar-refractivity contribution is 0.234. The van der Waals surface area contributed by atoms with Crippen LogP contribution in [0.1, 0.15) is 55.4 Å². The van der Waals surface area contributed by atoms with Gasteiger partial charge in [0.05, 0.1) is 0 Å². The standard InChI is InChI=1S/C22H36O2Si/c1-15-11-17(21(3,4)5)13-19(15)25(23-9,24-10)20-14-18(12-16(20)2)22(6,7)8/h11-14,19-20H,1-10H3.